The van der Waals surface area contributed by atoms with Crippen molar-refractivity contribution >= 4 is 35.3 Å². The second kappa shape index (κ2) is 9.26. The Labute approximate surface area is 182 Å². The predicted octanol–water partition coefficient (Wildman–Crippen LogP) is 4.13. The Morgan fingerprint density at radius 1 is 1.20 bits per heavy atom. The summed E-state index contributed by atoms with van der Waals surface area (Å²) in [5.74, 6) is -0.415. The Balaban J connectivity index is 1.84. The summed E-state index contributed by atoms with van der Waals surface area (Å²) in [7, 11) is 0. The van der Waals surface area contributed by atoms with E-state index in [1.807, 2.05) is 45.0 Å². The zero-order valence-corrected chi connectivity index (χ0v) is 18.6. The van der Waals surface area contributed by atoms with Crippen molar-refractivity contribution in [2.24, 2.45) is 0 Å². The van der Waals surface area contributed by atoms with Crippen LogP contribution in [0.5, 0.6) is 0 Å². The summed E-state index contributed by atoms with van der Waals surface area (Å²) in [6, 6.07) is 9.39. The average Bonchev–Trinajstić information content (AvgIpc) is 3.16. The number of carbonyl (C=O) groups is 2. The average molecular weight is 426 g/mol. The Hall–Kier alpha value is -2.93. The number of esters is 1. The fourth-order valence-corrected chi connectivity index (χ4v) is 3.81. The lowest BCUT2D eigenvalue weighted by molar-refractivity contribution is -0.122. The summed E-state index contributed by atoms with van der Waals surface area (Å²) in [5.41, 5.74) is 4.91. The fourth-order valence-electron chi connectivity index (χ4n) is 3.48. The number of thiocarbonyl (C=S) groups is 1. The third-order valence-electron chi connectivity index (χ3n) is 5.14. The van der Waals surface area contributed by atoms with Gasteiger partial charge in [0.2, 0.25) is 0 Å². The molecule has 6 nitrogen and oxygen atoms in total. The van der Waals surface area contributed by atoms with Crippen LogP contribution in [-0.2, 0) is 9.53 Å². The van der Waals surface area contributed by atoms with E-state index < -0.39 is 0 Å². The number of hydrogen-bond donors (Lipinski definition) is 1. The molecular formula is C23H27N3O3S. The first kappa shape index (κ1) is 21.8. The van der Waals surface area contributed by atoms with Crippen molar-refractivity contribution in [3.63, 3.8) is 0 Å². The van der Waals surface area contributed by atoms with Crippen molar-refractivity contribution in [1.82, 2.24) is 14.8 Å². The third-order valence-corrected chi connectivity index (χ3v) is 5.46. The highest BCUT2D eigenvalue weighted by Gasteiger charge is 2.29. The Bertz CT molecular complexity index is 1010. The molecule has 158 valence electrons. The van der Waals surface area contributed by atoms with Crippen LogP contribution in [0, 0.1) is 13.8 Å². The van der Waals surface area contributed by atoms with E-state index in [2.05, 4.69) is 16.8 Å². The highest BCUT2D eigenvalue weighted by molar-refractivity contribution is 7.80. The van der Waals surface area contributed by atoms with Gasteiger partial charge < -0.3 is 14.6 Å². The first-order chi connectivity index (χ1) is 14.4. The van der Waals surface area contributed by atoms with Gasteiger partial charge in [-0.25, -0.2) is 4.79 Å². The van der Waals surface area contributed by atoms with Crippen LogP contribution in [0.4, 0.5) is 0 Å². The molecule has 0 bridgehead atoms. The molecular weight excluding hydrogens is 398 g/mol. The van der Waals surface area contributed by atoms with E-state index in [0.29, 0.717) is 29.5 Å². The molecule has 2 aromatic rings. The first-order valence-electron chi connectivity index (χ1n) is 10.2. The fraction of sp³-hybridized carbons (Fsp3) is 0.348. The number of benzene rings is 1. The van der Waals surface area contributed by atoms with Crippen LogP contribution in [0.15, 0.2) is 36.0 Å². The van der Waals surface area contributed by atoms with Crippen molar-refractivity contribution < 1.29 is 14.3 Å². The molecule has 1 aromatic carbocycles. The molecule has 1 aliphatic heterocycles. The maximum Gasteiger partial charge on any atom is 0.338 e. The molecule has 1 fully saturated rings. The minimum Gasteiger partial charge on any atom is -0.462 e. The highest BCUT2D eigenvalue weighted by Crippen LogP contribution is 2.24. The van der Waals surface area contributed by atoms with Gasteiger partial charge in [-0.05, 0) is 81.4 Å². The van der Waals surface area contributed by atoms with E-state index in [1.54, 1.807) is 17.0 Å². The number of aromatic nitrogens is 1. The van der Waals surface area contributed by atoms with Crippen LogP contribution in [0.25, 0.3) is 11.8 Å². The van der Waals surface area contributed by atoms with Crippen molar-refractivity contribution in [3.8, 4) is 5.69 Å². The van der Waals surface area contributed by atoms with Crippen molar-refractivity contribution in [1.29, 1.82) is 0 Å². The minimum atomic E-state index is -0.302. The number of amides is 1. The summed E-state index contributed by atoms with van der Waals surface area (Å²) in [6.07, 6.45) is 3.69. The van der Waals surface area contributed by atoms with E-state index >= 15 is 0 Å². The zero-order chi connectivity index (χ0) is 21.8. The quantitative estimate of drug-likeness (QED) is 0.313. The topological polar surface area (TPSA) is 63.6 Å². The summed E-state index contributed by atoms with van der Waals surface area (Å²) in [4.78, 5) is 26.1. The van der Waals surface area contributed by atoms with Gasteiger partial charge in [-0.2, -0.15) is 0 Å². The van der Waals surface area contributed by atoms with E-state index in [4.69, 9.17) is 17.0 Å². The van der Waals surface area contributed by atoms with E-state index in [9.17, 15) is 9.59 Å². The van der Waals surface area contributed by atoms with Crippen LogP contribution < -0.4 is 5.32 Å². The number of aryl methyl sites for hydroxylation is 1. The van der Waals surface area contributed by atoms with Crippen molar-refractivity contribution in [2.75, 3.05) is 13.2 Å². The van der Waals surface area contributed by atoms with Crippen LogP contribution in [-0.4, -0.2) is 39.6 Å². The number of unbranched alkanes of at least 4 members (excludes halogenated alkanes) is 1. The largest absolute Gasteiger partial charge is 0.462 e. The van der Waals surface area contributed by atoms with Gasteiger partial charge in [-0.3, -0.25) is 9.69 Å². The molecule has 0 saturated carbocycles. The number of ether oxygens (including phenoxy) is 1. The van der Waals surface area contributed by atoms with Gasteiger partial charge in [-0.1, -0.05) is 13.3 Å². The van der Waals surface area contributed by atoms with Crippen molar-refractivity contribution in [2.45, 2.75) is 40.5 Å². The normalized spacial score (nSPS) is 15.1. The minimum absolute atomic E-state index is 0.113. The number of nitrogens with one attached hydrogen (secondary N) is 1. The summed E-state index contributed by atoms with van der Waals surface area (Å²) in [5, 5.41) is 3.43. The molecule has 30 heavy (non-hydrogen) atoms. The van der Waals surface area contributed by atoms with E-state index in [0.717, 1.165) is 35.5 Å². The smallest absolute Gasteiger partial charge is 0.338 e. The lowest BCUT2D eigenvalue weighted by Gasteiger charge is -2.11. The lowest BCUT2D eigenvalue weighted by Crippen LogP contribution is -2.30. The Morgan fingerprint density at radius 3 is 2.50 bits per heavy atom. The van der Waals surface area contributed by atoms with E-state index in [-0.39, 0.29) is 11.9 Å². The van der Waals surface area contributed by atoms with Gasteiger partial charge >= 0.3 is 5.97 Å². The van der Waals surface area contributed by atoms with Crippen LogP contribution in [0.3, 0.4) is 0 Å². The summed E-state index contributed by atoms with van der Waals surface area (Å²) in [6.45, 7) is 8.94. The zero-order valence-electron chi connectivity index (χ0n) is 17.8. The second-order valence-corrected chi connectivity index (χ2v) is 7.62. The molecule has 1 N–H and O–H groups in total. The van der Waals surface area contributed by atoms with Crippen LogP contribution >= 0.6 is 12.2 Å². The molecule has 0 aliphatic carbocycles. The summed E-state index contributed by atoms with van der Waals surface area (Å²) >= 11 is 5.23. The molecule has 0 spiro atoms. The molecule has 0 unspecified atom stereocenters. The molecule has 1 aliphatic rings. The number of likely N-dealkylation sites (N-methyl/N-ethyl adjacent to an activating group) is 1. The highest BCUT2D eigenvalue weighted by atomic mass is 32.1. The van der Waals surface area contributed by atoms with Crippen LogP contribution in [0.1, 0.15) is 54.0 Å². The standard InChI is InChI=1S/C23H27N3O3S/c1-5-7-12-29-22(28)17-8-10-19(11-9-17)26-15(3)13-18(16(26)4)14-20-21(27)25(6-2)23(30)24-20/h8-11,13-14H,5-7,12H2,1-4H3,(H,24,30)/b20-14-. The molecule has 7 heteroatoms. The number of hydrogen-bond acceptors (Lipinski definition) is 4. The molecule has 2 heterocycles. The number of nitrogens with zero attached hydrogens (tertiary/aromatic N) is 2. The van der Waals surface area contributed by atoms with Gasteiger partial charge in [0.15, 0.2) is 5.11 Å². The molecule has 0 atom stereocenters. The molecule has 0 radical (unpaired) electrons. The maximum absolute atomic E-state index is 12.5. The van der Waals surface area contributed by atoms with Gasteiger partial charge in [0.25, 0.3) is 5.91 Å². The van der Waals surface area contributed by atoms with Gasteiger partial charge in [0.1, 0.15) is 5.70 Å². The second-order valence-electron chi connectivity index (χ2n) is 7.24. The molecule has 1 saturated heterocycles. The van der Waals surface area contributed by atoms with Gasteiger partial charge in [-0.15, -0.1) is 0 Å². The van der Waals surface area contributed by atoms with Crippen LogP contribution in [0.2, 0.25) is 0 Å². The van der Waals surface area contributed by atoms with Gasteiger partial charge in [0, 0.05) is 23.6 Å². The predicted molar refractivity (Wildman–Crippen MR) is 122 cm³/mol. The monoisotopic (exact) mass is 425 g/mol. The summed E-state index contributed by atoms with van der Waals surface area (Å²) < 4.78 is 7.36. The molecule has 1 amide bonds. The SMILES string of the molecule is CCCCOC(=O)c1ccc(-n2c(C)cc(/C=C3\NC(=S)N(CC)C3=O)c2C)cc1. The third kappa shape index (κ3) is 4.31. The Kier molecular flexibility index (Phi) is 6.72. The first-order valence-corrected chi connectivity index (χ1v) is 10.6. The van der Waals surface area contributed by atoms with Gasteiger partial charge in [0.05, 0.1) is 12.2 Å². The Morgan fingerprint density at radius 2 is 1.90 bits per heavy atom. The number of rotatable bonds is 7. The number of carbonyl (C=O) groups excluding carboxylic acids is 2. The lowest BCUT2D eigenvalue weighted by atomic mass is 10.2. The maximum atomic E-state index is 12.5. The van der Waals surface area contributed by atoms with Crippen molar-refractivity contribution in [3.05, 3.63) is 58.5 Å². The molecule has 3 rings (SSSR count). The molecule has 1 aromatic heterocycles. The van der Waals surface area contributed by atoms with E-state index in [1.165, 1.54) is 0 Å².